The first-order valence-corrected chi connectivity index (χ1v) is 5.98. The van der Waals surface area contributed by atoms with Crippen molar-refractivity contribution in [1.82, 2.24) is 9.78 Å². The predicted octanol–water partition coefficient (Wildman–Crippen LogP) is 2.55. The summed E-state index contributed by atoms with van der Waals surface area (Å²) in [6.07, 6.45) is 2.70. The highest BCUT2D eigenvalue weighted by atomic mass is 35.5. The Morgan fingerprint density at radius 3 is 2.84 bits per heavy atom. The zero-order valence-corrected chi connectivity index (χ0v) is 10.9. The van der Waals surface area contributed by atoms with Crippen LogP contribution >= 0.6 is 11.6 Å². The molecule has 1 N–H and O–H groups in total. The van der Waals surface area contributed by atoms with Crippen molar-refractivity contribution in [3.63, 3.8) is 0 Å². The van der Waals surface area contributed by atoms with Crippen molar-refractivity contribution in [1.29, 1.82) is 0 Å². The Bertz CT molecular complexity index is 610. The molecule has 1 atom stereocenters. The van der Waals surface area contributed by atoms with Gasteiger partial charge >= 0.3 is 0 Å². The minimum atomic E-state index is -0.582. The predicted molar refractivity (Wildman–Crippen MR) is 70.1 cm³/mol. The van der Waals surface area contributed by atoms with Gasteiger partial charge in [-0.25, -0.2) is 0 Å². The Labute approximate surface area is 114 Å². The van der Waals surface area contributed by atoms with E-state index in [-0.39, 0.29) is 5.69 Å². The third-order valence-electron chi connectivity index (χ3n) is 2.72. The fourth-order valence-corrected chi connectivity index (χ4v) is 1.87. The van der Waals surface area contributed by atoms with E-state index in [1.165, 1.54) is 12.1 Å². The number of aromatic nitrogens is 2. The summed E-state index contributed by atoms with van der Waals surface area (Å²) in [5, 5.41) is 24.4. The normalized spacial score (nSPS) is 12.4. The second kappa shape index (κ2) is 5.38. The molecule has 1 unspecified atom stereocenters. The molecule has 0 radical (unpaired) electrons. The molecule has 0 fully saturated rings. The zero-order chi connectivity index (χ0) is 14.0. The number of hydrogen-bond acceptors (Lipinski definition) is 4. The average Bonchev–Trinajstić information content (AvgIpc) is 2.80. The van der Waals surface area contributed by atoms with E-state index in [0.29, 0.717) is 17.1 Å². The molecule has 2 aromatic rings. The van der Waals surface area contributed by atoms with Crippen LogP contribution in [-0.2, 0) is 6.54 Å². The number of aliphatic hydroxyl groups is 1. The number of aliphatic hydroxyl groups excluding tert-OH is 1. The third kappa shape index (κ3) is 3.10. The molecule has 0 aliphatic heterocycles. The number of hydrogen-bond donors (Lipinski definition) is 1. The number of benzene rings is 1. The Balaban J connectivity index is 2.20. The van der Waals surface area contributed by atoms with Gasteiger partial charge in [-0.2, -0.15) is 5.10 Å². The highest BCUT2D eigenvalue weighted by molar-refractivity contribution is 6.31. The zero-order valence-electron chi connectivity index (χ0n) is 10.2. The van der Waals surface area contributed by atoms with Gasteiger partial charge in [-0.3, -0.25) is 14.8 Å². The SMILES string of the molecule is CC(O)c1cnn(Cc2ccc([N+](=O)[O-])cc2Cl)c1. The van der Waals surface area contributed by atoms with Crippen LogP contribution < -0.4 is 0 Å². The minimum Gasteiger partial charge on any atom is -0.389 e. The van der Waals surface area contributed by atoms with Crippen LogP contribution in [0.3, 0.4) is 0 Å². The highest BCUT2D eigenvalue weighted by Crippen LogP contribution is 2.23. The van der Waals surface area contributed by atoms with Gasteiger partial charge in [-0.15, -0.1) is 0 Å². The van der Waals surface area contributed by atoms with E-state index in [0.717, 1.165) is 5.56 Å². The van der Waals surface area contributed by atoms with Gasteiger partial charge in [0, 0.05) is 23.9 Å². The molecule has 0 aliphatic rings. The standard InChI is InChI=1S/C12H12ClN3O3/c1-8(17)10-5-14-15(7-10)6-9-2-3-11(16(18)19)4-12(9)13/h2-5,7-8,17H,6H2,1H3. The second-order valence-electron chi connectivity index (χ2n) is 4.18. The van der Waals surface area contributed by atoms with E-state index in [2.05, 4.69) is 5.10 Å². The third-order valence-corrected chi connectivity index (χ3v) is 3.07. The smallest absolute Gasteiger partial charge is 0.270 e. The van der Waals surface area contributed by atoms with Crippen molar-refractivity contribution in [3.8, 4) is 0 Å². The van der Waals surface area contributed by atoms with Crippen LogP contribution in [0.15, 0.2) is 30.6 Å². The van der Waals surface area contributed by atoms with Crippen LogP contribution in [0.4, 0.5) is 5.69 Å². The van der Waals surface area contributed by atoms with Gasteiger partial charge in [0.1, 0.15) is 0 Å². The first-order chi connectivity index (χ1) is 8.97. The minimum absolute atomic E-state index is 0.0427. The average molecular weight is 282 g/mol. The van der Waals surface area contributed by atoms with Crippen LogP contribution in [0.25, 0.3) is 0 Å². The van der Waals surface area contributed by atoms with Gasteiger partial charge < -0.3 is 5.11 Å². The monoisotopic (exact) mass is 281 g/mol. The summed E-state index contributed by atoms with van der Waals surface area (Å²) in [6.45, 7) is 2.05. The van der Waals surface area contributed by atoms with Gasteiger partial charge in [0.05, 0.1) is 28.8 Å². The molecule has 0 amide bonds. The maximum absolute atomic E-state index is 10.6. The van der Waals surface area contributed by atoms with E-state index in [1.54, 1.807) is 30.1 Å². The van der Waals surface area contributed by atoms with Crippen molar-refractivity contribution in [2.45, 2.75) is 19.6 Å². The number of rotatable bonds is 4. The van der Waals surface area contributed by atoms with Crippen LogP contribution in [0.2, 0.25) is 5.02 Å². The Hall–Kier alpha value is -1.92. The Morgan fingerprint density at radius 1 is 1.58 bits per heavy atom. The molecule has 7 heteroatoms. The lowest BCUT2D eigenvalue weighted by Gasteiger charge is -2.04. The van der Waals surface area contributed by atoms with Crippen LogP contribution in [0, 0.1) is 10.1 Å². The molecule has 0 saturated carbocycles. The molecule has 0 saturated heterocycles. The largest absolute Gasteiger partial charge is 0.389 e. The first kappa shape index (κ1) is 13.5. The van der Waals surface area contributed by atoms with E-state index in [1.807, 2.05) is 0 Å². The van der Waals surface area contributed by atoms with Gasteiger partial charge in [-0.1, -0.05) is 11.6 Å². The Kier molecular flexibility index (Phi) is 3.82. The maximum atomic E-state index is 10.6. The second-order valence-corrected chi connectivity index (χ2v) is 4.59. The van der Waals surface area contributed by atoms with E-state index < -0.39 is 11.0 Å². The van der Waals surface area contributed by atoms with Crippen molar-refractivity contribution >= 4 is 17.3 Å². The maximum Gasteiger partial charge on any atom is 0.270 e. The first-order valence-electron chi connectivity index (χ1n) is 5.60. The lowest BCUT2D eigenvalue weighted by atomic mass is 10.2. The lowest BCUT2D eigenvalue weighted by molar-refractivity contribution is -0.384. The molecule has 0 aliphatic carbocycles. The number of halogens is 1. The molecule has 2 rings (SSSR count). The van der Waals surface area contributed by atoms with E-state index >= 15 is 0 Å². The lowest BCUT2D eigenvalue weighted by Crippen LogP contribution is -2.01. The Morgan fingerprint density at radius 2 is 2.32 bits per heavy atom. The summed E-state index contributed by atoms with van der Waals surface area (Å²) in [7, 11) is 0. The van der Waals surface area contributed by atoms with Crippen molar-refractivity contribution in [2.24, 2.45) is 0 Å². The molecule has 1 aromatic carbocycles. The van der Waals surface area contributed by atoms with Crippen LogP contribution in [-0.4, -0.2) is 19.8 Å². The van der Waals surface area contributed by atoms with Gasteiger partial charge in [0.15, 0.2) is 0 Å². The summed E-state index contributed by atoms with van der Waals surface area (Å²) in [6, 6.07) is 4.32. The summed E-state index contributed by atoms with van der Waals surface area (Å²) in [4.78, 5) is 10.1. The van der Waals surface area contributed by atoms with Crippen molar-refractivity contribution in [3.05, 3.63) is 56.9 Å². The van der Waals surface area contributed by atoms with Gasteiger partial charge in [0.2, 0.25) is 0 Å². The molecule has 100 valence electrons. The number of nitro groups is 1. The highest BCUT2D eigenvalue weighted by Gasteiger charge is 2.11. The fraction of sp³-hybridized carbons (Fsp3) is 0.250. The fourth-order valence-electron chi connectivity index (χ4n) is 1.63. The number of non-ortho nitro benzene ring substituents is 1. The van der Waals surface area contributed by atoms with E-state index in [9.17, 15) is 15.2 Å². The number of nitrogens with zero attached hydrogens (tertiary/aromatic N) is 3. The summed E-state index contributed by atoms with van der Waals surface area (Å²) < 4.78 is 1.62. The van der Waals surface area contributed by atoms with Crippen molar-refractivity contribution in [2.75, 3.05) is 0 Å². The summed E-state index contributed by atoms with van der Waals surface area (Å²) in [5.74, 6) is 0. The topological polar surface area (TPSA) is 81.2 Å². The van der Waals surface area contributed by atoms with E-state index in [4.69, 9.17) is 11.6 Å². The summed E-state index contributed by atoms with van der Waals surface area (Å²) >= 11 is 6.00. The van der Waals surface area contributed by atoms with Crippen molar-refractivity contribution < 1.29 is 10.0 Å². The molecular formula is C12H12ClN3O3. The summed E-state index contributed by atoms with van der Waals surface area (Å²) in [5.41, 5.74) is 1.39. The van der Waals surface area contributed by atoms with Crippen LogP contribution in [0.1, 0.15) is 24.2 Å². The van der Waals surface area contributed by atoms with Gasteiger partial charge in [-0.05, 0) is 18.6 Å². The van der Waals surface area contributed by atoms with Gasteiger partial charge in [0.25, 0.3) is 5.69 Å². The molecule has 0 bridgehead atoms. The molecule has 1 aromatic heterocycles. The molecule has 19 heavy (non-hydrogen) atoms. The number of nitro benzene ring substituents is 1. The quantitative estimate of drug-likeness (QED) is 0.690. The molecule has 0 spiro atoms. The van der Waals surface area contributed by atoms with Crippen LogP contribution in [0.5, 0.6) is 0 Å². The molecular weight excluding hydrogens is 270 g/mol. The molecule has 6 nitrogen and oxygen atoms in total. The molecule has 1 heterocycles.